The molecule has 0 bridgehead atoms. The summed E-state index contributed by atoms with van der Waals surface area (Å²) in [6.45, 7) is 2.69. The van der Waals surface area contributed by atoms with E-state index in [1.165, 1.54) is 34.0 Å². The summed E-state index contributed by atoms with van der Waals surface area (Å²) in [4.78, 5) is 29.2. The number of thiazole rings is 1. The maximum Gasteiger partial charge on any atom is 0.355 e. The van der Waals surface area contributed by atoms with Crippen LogP contribution in [0.5, 0.6) is 0 Å². The Hall–Kier alpha value is -1.90. The fourth-order valence-corrected chi connectivity index (χ4v) is 5.12. The smallest absolute Gasteiger partial charge is 0.355 e. The van der Waals surface area contributed by atoms with E-state index < -0.39 is 5.97 Å². The number of rotatable bonds is 8. The lowest BCUT2D eigenvalue weighted by atomic mass is 9.96. The quantitative estimate of drug-likeness (QED) is 0.655. The highest BCUT2D eigenvalue weighted by molar-refractivity contribution is 8.01. The van der Waals surface area contributed by atoms with Gasteiger partial charge in [0.2, 0.25) is 5.91 Å². The predicted octanol–water partition coefficient (Wildman–Crippen LogP) is 3.19. The first-order valence-corrected chi connectivity index (χ1v) is 10.8. The Morgan fingerprint density at radius 1 is 1.52 bits per heavy atom. The van der Waals surface area contributed by atoms with Crippen LogP contribution in [0.1, 0.15) is 47.4 Å². The zero-order valence-corrected chi connectivity index (χ0v) is 16.8. The van der Waals surface area contributed by atoms with Crippen molar-refractivity contribution in [2.45, 2.75) is 42.6 Å². The minimum Gasteiger partial charge on any atom is -0.476 e. The number of nitrogens with two attached hydrogens (primary N) is 1. The van der Waals surface area contributed by atoms with Crippen LogP contribution in [0.15, 0.2) is 34.0 Å². The third-order valence-electron chi connectivity index (χ3n) is 4.79. The van der Waals surface area contributed by atoms with Crippen LogP contribution in [0.25, 0.3) is 0 Å². The Labute approximate surface area is 166 Å². The Kier molecular flexibility index (Phi) is 6.51. The Bertz CT molecular complexity index is 824. The van der Waals surface area contributed by atoms with E-state index >= 15 is 0 Å². The lowest BCUT2D eigenvalue weighted by molar-refractivity contribution is -0.128. The summed E-state index contributed by atoms with van der Waals surface area (Å²) in [5, 5.41) is 10.5. The van der Waals surface area contributed by atoms with Crippen molar-refractivity contribution in [2.24, 2.45) is 5.73 Å². The highest BCUT2D eigenvalue weighted by Crippen LogP contribution is 2.30. The summed E-state index contributed by atoms with van der Waals surface area (Å²) in [6.07, 6.45) is 2.25. The van der Waals surface area contributed by atoms with Crippen molar-refractivity contribution < 1.29 is 14.7 Å². The van der Waals surface area contributed by atoms with Crippen molar-refractivity contribution in [3.63, 3.8) is 0 Å². The van der Waals surface area contributed by atoms with E-state index in [0.29, 0.717) is 23.1 Å². The van der Waals surface area contributed by atoms with E-state index in [1.807, 2.05) is 17.0 Å². The maximum absolute atomic E-state index is 12.3. The SMILES string of the molecule is CCc1cccc(C(N)[C@H]2CCC(=O)N2CCSc2nc(C(=O)O)cs2)c1. The minimum absolute atomic E-state index is 0.00363. The molecule has 1 amide bonds. The van der Waals surface area contributed by atoms with Gasteiger partial charge < -0.3 is 15.7 Å². The molecule has 2 heterocycles. The maximum atomic E-state index is 12.3. The van der Waals surface area contributed by atoms with E-state index in [0.717, 1.165) is 18.4 Å². The van der Waals surface area contributed by atoms with E-state index in [-0.39, 0.29) is 23.7 Å². The van der Waals surface area contributed by atoms with Crippen LogP contribution in [-0.4, -0.2) is 45.2 Å². The van der Waals surface area contributed by atoms with Gasteiger partial charge in [0.25, 0.3) is 0 Å². The number of hydrogen-bond acceptors (Lipinski definition) is 6. The number of amides is 1. The summed E-state index contributed by atoms with van der Waals surface area (Å²) < 4.78 is 0.704. The number of carbonyl (C=O) groups is 2. The van der Waals surface area contributed by atoms with Crippen molar-refractivity contribution in [3.05, 3.63) is 46.5 Å². The second kappa shape index (κ2) is 8.86. The van der Waals surface area contributed by atoms with E-state index in [1.54, 1.807) is 0 Å². The predicted molar refractivity (Wildman–Crippen MR) is 107 cm³/mol. The molecule has 1 aliphatic rings. The molecule has 0 spiro atoms. The van der Waals surface area contributed by atoms with Gasteiger partial charge in [-0.15, -0.1) is 11.3 Å². The number of nitrogens with zero attached hydrogens (tertiary/aromatic N) is 2. The fraction of sp³-hybridized carbons (Fsp3) is 0.421. The van der Waals surface area contributed by atoms with Gasteiger partial charge in [0.1, 0.15) is 0 Å². The van der Waals surface area contributed by atoms with Crippen LogP contribution in [0.2, 0.25) is 0 Å². The monoisotopic (exact) mass is 405 g/mol. The molecule has 1 aromatic heterocycles. The average Bonchev–Trinajstić information content (AvgIpc) is 3.29. The van der Waals surface area contributed by atoms with Gasteiger partial charge in [0.15, 0.2) is 10.0 Å². The molecule has 0 saturated carbocycles. The molecular weight excluding hydrogens is 382 g/mol. The molecule has 3 N–H and O–H groups in total. The minimum atomic E-state index is -1.02. The van der Waals surface area contributed by atoms with Crippen molar-refractivity contribution in [1.82, 2.24) is 9.88 Å². The number of carboxylic acids is 1. The molecule has 27 heavy (non-hydrogen) atoms. The van der Waals surface area contributed by atoms with Crippen molar-refractivity contribution in [3.8, 4) is 0 Å². The molecule has 1 aromatic carbocycles. The molecule has 2 aromatic rings. The number of aromatic nitrogens is 1. The summed E-state index contributed by atoms with van der Waals surface area (Å²) in [5.41, 5.74) is 8.90. The fourth-order valence-electron chi connectivity index (χ4n) is 3.32. The molecule has 3 rings (SSSR count). The molecule has 2 atom stereocenters. The first kappa shape index (κ1) is 19.9. The number of aromatic carboxylic acids is 1. The van der Waals surface area contributed by atoms with E-state index in [4.69, 9.17) is 10.8 Å². The molecule has 1 unspecified atom stereocenters. The Morgan fingerprint density at radius 2 is 2.33 bits per heavy atom. The molecule has 0 aliphatic carbocycles. The number of benzene rings is 1. The van der Waals surface area contributed by atoms with Crippen LogP contribution in [0.3, 0.4) is 0 Å². The topological polar surface area (TPSA) is 96.5 Å². The number of thioether (sulfide) groups is 1. The highest BCUT2D eigenvalue weighted by atomic mass is 32.2. The molecule has 8 heteroatoms. The highest BCUT2D eigenvalue weighted by Gasteiger charge is 2.35. The first-order chi connectivity index (χ1) is 13.0. The van der Waals surface area contributed by atoms with Crippen LogP contribution in [0, 0.1) is 0 Å². The molecule has 1 fully saturated rings. The standard InChI is InChI=1S/C19H23N3O3S2/c1-2-12-4-3-5-13(10-12)17(20)15-6-7-16(23)22(15)8-9-26-19-21-14(11-27-19)18(24)25/h3-5,10-11,15,17H,2,6-9,20H2,1H3,(H,24,25)/t15-,17?/m1/s1. The van der Waals surface area contributed by atoms with Gasteiger partial charge in [-0.2, -0.15) is 0 Å². The van der Waals surface area contributed by atoms with Crippen LogP contribution in [0.4, 0.5) is 0 Å². The number of aryl methyl sites for hydroxylation is 1. The normalized spacial score (nSPS) is 18.1. The second-order valence-corrected chi connectivity index (χ2v) is 8.67. The molecule has 0 radical (unpaired) electrons. The number of likely N-dealkylation sites (tertiary alicyclic amines) is 1. The number of carboxylic acid groups (broad SMARTS) is 1. The zero-order valence-electron chi connectivity index (χ0n) is 15.1. The zero-order chi connectivity index (χ0) is 19.4. The molecule has 1 saturated heterocycles. The Morgan fingerprint density at radius 3 is 3.04 bits per heavy atom. The number of hydrogen-bond donors (Lipinski definition) is 2. The van der Waals surface area contributed by atoms with Crippen LogP contribution < -0.4 is 5.73 Å². The lowest BCUT2D eigenvalue weighted by Gasteiger charge is -2.30. The van der Waals surface area contributed by atoms with Gasteiger partial charge >= 0.3 is 5.97 Å². The first-order valence-electron chi connectivity index (χ1n) is 8.95. The summed E-state index contributed by atoms with van der Waals surface area (Å²) in [5.74, 6) is -0.225. The number of carbonyl (C=O) groups excluding carboxylic acids is 1. The van der Waals surface area contributed by atoms with Crippen molar-refractivity contribution in [2.75, 3.05) is 12.3 Å². The largest absolute Gasteiger partial charge is 0.476 e. The van der Waals surface area contributed by atoms with Crippen LogP contribution >= 0.6 is 23.1 Å². The Balaban J connectivity index is 1.62. The summed E-state index contributed by atoms with van der Waals surface area (Å²) in [7, 11) is 0. The van der Waals surface area contributed by atoms with E-state index in [2.05, 4.69) is 24.0 Å². The van der Waals surface area contributed by atoms with Gasteiger partial charge in [-0.05, 0) is 24.0 Å². The lowest BCUT2D eigenvalue weighted by Crippen LogP contribution is -2.41. The summed E-state index contributed by atoms with van der Waals surface area (Å²) >= 11 is 2.78. The van der Waals surface area contributed by atoms with Gasteiger partial charge in [-0.25, -0.2) is 9.78 Å². The molecule has 144 valence electrons. The molecular formula is C19H23N3O3S2. The summed E-state index contributed by atoms with van der Waals surface area (Å²) in [6, 6.07) is 8.06. The third-order valence-corrected chi connectivity index (χ3v) is 6.79. The van der Waals surface area contributed by atoms with E-state index in [9.17, 15) is 9.59 Å². The molecule has 1 aliphatic heterocycles. The van der Waals surface area contributed by atoms with Gasteiger partial charge in [0.05, 0.1) is 12.1 Å². The van der Waals surface area contributed by atoms with Gasteiger partial charge in [0, 0.05) is 24.1 Å². The van der Waals surface area contributed by atoms with Crippen LogP contribution in [-0.2, 0) is 11.2 Å². The van der Waals surface area contributed by atoms with Crippen molar-refractivity contribution in [1.29, 1.82) is 0 Å². The second-order valence-electron chi connectivity index (χ2n) is 6.47. The van der Waals surface area contributed by atoms with Crippen molar-refractivity contribution >= 4 is 35.0 Å². The molecule has 6 nitrogen and oxygen atoms in total. The average molecular weight is 406 g/mol. The van der Waals surface area contributed by atoms with Gasteiger partial charge in [-0.3, -0.25) is 4.79 Å². The third kappa shape index (κ3) is 4.69. The van der Waals surface area contributed by atoms with Gasteiger partial charge in [-0.1, -0.05) is 43.0 Å².